The van der Waals surface area contributed by atoms with Gasteiger partial charge in [0.2, 0.25) is 0 Å². The molecule has 92 valence electrons. The van der Waals surface area contributed by atoms with Gasteiger partial charge in [0.15, 0.2) is 0 Å². The molecule has 1 aromatic rings. The molecule has 0 amide bonds. The summed E-state index contributed by atoms with van der Waals surface area (Å²) in [7, 11) is 1.98. The van der Waals surface area contributed by atoms with E-state index in [1.165, 1.54) is 11.4 Å². The Hall–Kier alpha value is -0.830. The van der Waals surface area contributed by atoms with Crippen LogP contribution in [-0.2, 0) is 12.8 Å². The smallest absolute Gasteiger partial charge is 0.0640 e. The molecule has 0 saturated heterocycles. The highest BCUT2D eigenvalue weighted by Crippen LogP contribution is 2.15. The number of nitrogens with zero attached hydrogens (tertiary/aromatic N) is 2. The zero-order valence-electron chi connectivity index (χ0n) is 11.2. The van der Waals surface area contributed by atoms with Gasteiger partial charge < -0.3 is 5.32 Å². The van der Waals surface area contributed by atoms with E-state index in [1.54, 1.807) is 0 Å². The topological polar surface area (TPSA) is 29.9 Å². The third kappa shape index (κ3) is 3.63. The molecule has 1 rings (SSSR count). The third-order valence-corrected chi connectivity index (χ3v) is 2.60. The Balaban J connectivity index is 2.82. The highest BCUT2D eigenvalue weighted by molar-refractivity contribution is 5.12. The fourth-order valence-electron chi connectivity index (χ4n) is 1.88. The van der Waals surface area contributed by atoms with Crippen LogP contribution in [0.5, 0.6) is 0 Å². The van der Waals surface area contributed by atoms with Gasteiger partial charge in [0.05, 0.1) is 5.69 Å². The Morgan fingerprint density at radius 1 is 1.31 bits per heavy atom. The van der Waals surface area contributed by atoms with Gasteiger partial charge in [0.1, 0.15) is 0 Å². The maximum Gasteiger partial charge on any atom is 0.0640 e. The number of nitrogens with one attached hydrogen (secondary N) is 1. The van der Waals surface area contributed by atoms with Gasteiger partial charge in [-0.3, -0.25) is 4.68 Å². The average molecular weight is 223 g/mol. The zero-order chi connectivity index (χ0) is 12.1. The van der Waals surface area contributed by atoms with E-state index in [1.807, 2.05) is 7.05 Å². The average Bonchev–Trinajstić information content (AvgIpc) is 2.57. The number of rotatable bonds is 6. The van der Waals surface area contributed by atoms with Crippen molar-refractivity contribution in [1.29, 1.82) is 0 Å². The summed E-state index contributed by atoms with van der Waals surface area (Å²) in [5, 5.41) is 7.84. The quantitative estimate of drug-likeness (QED) is 0.802. The van der Waals surface area contributed by atoms with Crippen LogP contribution in [0.2, 0.25) is 0 Å². The molecule has 0 aliphatic rings. The van der Waals surface area contributed by atoms with Crippen LogP contribution in [0, 0.1) is 5.92 Å². The van der Waals surface area contributed by atoms with Crippen molar-refractivity contribution < 1.29 is 0 Å². The molecule has 3 heteroatoms. The first-order valence-electron chi connectivity index (χ1n) is 6.26. The predicted molar refractivity (Wildman–Crippen MR) is 68.8 cm³/mol. The largest absolute Gasteiger partial charge is 0.319 e. The second-order valence-corrected chi connectivity index (χ2v) is 5.12. The van der Waals surface area contributed by atoms with E-state index >= 15 is 0 Å². The first kappa shape index (κ1) is 13.2. The SMILES string of the molecule is CNCCc1cc(CC(C)C)n(C(C)C)n1. The van der Waals surface area contributed by atoms with Crippen molar-refractivity contribution in [1.82, 2.24) is 15.1 Å². The summed E-state index contributed by atoms with van der Waals surface area (Å²) in [5.74, 6) is 0.686. The molecule has 0 fully saturated rings. The highest BCUT2D eigenvalue weighted by Gasteiger charge is 2.11. The summed E-state index contributed by atoms with van der Waals surface area (Å²) in [5.41, 5.74) is 2.58. The van der Waals surface area contributed by atoms with Crippen molar-refractivity contribution in [3.8, 4) is 0 Å². The fourth-order valence-corrected chi connectivity index (χ4v) is 1.88. The van der Waals surface area contributed by atoms with Gasteiger partial charge in [0, 0.05) is 24.7 Å². The van der Waals surface area contributed by atoms with Crippen LogP contribution in [0.15, 0.2) is 6.07 Å². The summed E-state index contributed by atoms with van der Waals surface area (Å²) >= 11 is 0. The molecule has 0 saturated carbocycles. The summed E-state index contributed by atoms with van der Waals surface area (Å²) in [6.45, 7) is 9.89. The normalized spacial score (nSPS) is 11.7. The lowest BCUT2D eigenvalue weighted by molar-refractivity contribution is 0.485. The van der Waals surface area contributed by atoms with Crippen LogP contribution in [-0.4, -0.2) is 23.4 Å². The molecule has 0 aromatic carbocycles. The van der Waals surface area contributed by atoms with Crippen molar-refractivity contribution in [3.05, 3.63) is 17.5 Å². The molecule has 1 N–H and O–H groups in total. The Morgan fingerprint density at radius 2 is 2.00 bits per heavy atom. The molecule has 3 nitrogen and oxygen atoms in total. The second kappa shape index (κ2) is 6.04. The minimum Gasteiger partial charge on any atom is -0.319 e. The molecule has 0 atom stereocenters. The highest BCUT2D eigenvalue weighted by atomic mass is 15.3. The van der Waals surface area contributed by atoms with Gasteiger partial charge in [0.25, 0.3) is 0 Å². The van der Waals surface area contributed by atoms with E-state index < -0.39 is 0 Å². The van der Waals surface area contributed by atoms with Gasteiger partial charge in [-0.2, -0.15) is 5.10 Å². The summed E-state index contributed by atoms with van der Waals surface area (Å²) in [4.78, 5) is 0. The maximum absolute atomic E-state index is 4.68. The summed E-state index contributed by atoms with van der Waals surface area (Å²) in [6.07, 6.45) is 2.13. The molecule has 0 radical (unpaired) electrons. The lowest BCUT2D eigenvalue weighted by Gasteiger charge is -2.12. The van der Waals surface area contributed by atoms with Crippen molar-refractivity contribution >= 4 is 0 Å². The van der Waals surface area contributed by atoms with Crippen LogP contribution in [0.1, 0.15) is 45.1 Å². The molecule has 0 aliphatic carbocycles. The van der Waals surface area contributed by atoms with E-state index in [0.29, 0.717) is 12.0 Å². The van der Waals surface area contributed by atoms with Crippen LogP contribution in [0.25, 0.3) is 0 Å². The third-order valence-electron chi connectivity index (χ3n) is 2.60. The van der Waals surface area contributed by atoms with Crippen molar-refractivity contribution in [3.63, 3.8) is 0 Å². The lowest BCUT2D eigenvalue weighted by Crippen LogP contribution is -2.12. The van der Waals surface area contributed by atoms with Gasteiger partial charge in [-0.05, 0) is 39.3 Å². The molecular formula is C13H25N3. The van der Waals surface area contributed by atoms with E-state index in [0.717, 1.165) is 19.4 Å². The van der Waals surface area contributed by atoms with Crippen LogP contribution in [0.4, 0.5) is 0 Å². The first-order valence-corrected chi connectivity index (χ1v) is 6.26. The van der Waals surface area contributed by atoms with Gasteiger partial charge in [-0.15, -0.1) is 0 Å². The number of likely N-dealkylation sites (N-methyl/N-ethyl adjacent to an activating group) is 1. The summed E-state index contributed by atoms with van der Waals surface area (Å²) in [6, 6.07) is 2.72. The van der Waals surface area contributed by atoms with Gasteiger partial charge in [-0.1, -0.05) is 13.8 Å². The molecule has 0 aliphatic heterocycles. The molecule has 0 spiro atoms. The predicted octanol–water partition coefficient (Wildman–Crippen LogP) is 2.42. The minimum absolute atomic E-state index is 0.456. The zero-order valence-corrected chi connectivity index (χ0v) is 11.2. The Labute approximate surface area is 99.2 Å². The molecule has 1 heterocycles. The van der Waals surface area contributed by atoms with Crippen LogP contribution < -0.4 is 5.32 Å². The van der Waals surface area contributed by atoms with E-state index in [2.05, 4.69) is 48.9 Å². The number of hydrogen-bond donors (Lipinski definition) is 1. The monoisotopic (exact) mass is 223 g/mol. The standard InChI is InChI=1S/C13H25N3/c1-10(2)8-13-9-12(6-7-14-5)15-16(13)11(3)4/h9-11,14H,6-8H2,1-5H3. The molecule has 0 unspecified atom stereocenters. The molecule has 0 bridgehead atoms. The van der Waals surface area contributed by atoms with E-state index in [-0.39, 0.29) is 0 Å². The van der Waals surface area contributed by atoms with E-state index in [9.17, 15) is 0 Å². The van der Waals surface area contributed by atoms with E-state index in [4.69, 9.17) is 0 Å². The molecule has 16 heavy (non-hydrogen) atoms. The Kier molecular flexibility index (Phi) is 5.00. The lowest BCUT2D eigenvalue weighted by atomic mass is 10.1. The molecular weight excluding hydrogens is 198 g/mol. The summed E-state index contributed by atoms with van der Waals surface area (Å²) < 4.78 is 2.17. The first-order chi connectivity index (χ1) is 7.54. The van der Waals surface area contributed by atoms with Gasteiger partial charge in [-0.25, -0.2) is 0 Å². The Morgan fingerprint density at radius 3 is 2.50 bits per heavy atom. The van der Waals surface area contributed by atoms with Crippen molar-refractivity contribution in [2.24, 2.45) is 5.92 Å². The Bertz CT molecular complexity index is 313. The van der Waals surface area contributed by atoms with Crippen molar-refractivity contribution in [2.45, 2.75) is 46.6 Å². The van der Waals surface area contributed by atoms with Crippen LogP contribution in [0.3, 0.4) is 0 Å². The number of aromatic nitrogens is 2. The van der Waals surface area contributed by atoms with Crippen molar-refractivity contribution in [2.75, 3.05) is 13.6 Å². The maximum atomic E-state index is 4.68. The number of hydrogen-bond acceptors (Lipinski definition) is 2. The van der Waals surface area contributed by atoms with Gasteiger partial charge >= 0.3 is 0 Å². The van der Waals surface area contributed by atoms with Crippen LogP contribution >= 0.6 is 0 Å². The fraction of sp³-hybridized carbons (Fsp3) is 0.769. The molecule has 1 aromatic heterocycles. The minimum atomic E-state index is 0.456. The second-order valence-electron chi connectivity index (χ2n) is 5.12.